The molecule has 0 saturated heterocycles. The Morgan fingerprint density at radius 2 is 1.79 bits per heavy atom. The Balaban J connectivity index is 2.39. The molecule has 0 aliphatic heterocycles. The molecule has 0 saturated carbocycles. The number of phenols is 1. The molecule has 0 aliphatic rings. The number of halogens is 2. The van der Waals surface area contributed by atoms with Gasteiger partial charge < -0.3 is 5.11 Å². The number of benzene rings is 2. The van der Waals surface area contributed by atoms with Crippen molar-refractivity contribution in [2.24, 2.45) is 0 Å². The maximum atomic E-state index is 12.2. The molecule has 4 nitrogen and oxygen atoms in total. The van der Waals surface area contributed by atoms with Crippen LogP contribution in [0.4, 0.5) is 5.69 Å². The molecule has 2 aromatic rings. The summed E-state index contributed by atoms with van der Waals surface area (Å²) in [5.74, 6) is -0.101. The number of sulfonamides is 1. The Labute approximate surface area is 127 Å². The smallest absolute Gasteiger partial charge is 0.262 e. The van der Waals surface area contributed by atoms with Crippen LogP contribution in [0.5, 0.6) is 5.75 Å². The fourth-order valence-corrected chi connectivity index (χ4v) is 3.38. The van der Waals surface area contributed by atoms with E-state index in [1.807, 2.05) is 0 Å². The Bertz CT molecular complexity index is 717. The number of rotatable bonds is 3. The summed E-state index contributed by atoms with van der Waals surface area (Å²) in [5.41, 5.74) is 0.415. The van der Waals surface area contributed by atoms with Crippen molar-refractivity contribution < 1.29 is 13.5 Å². The number of nitrogens with one attached hydrogen (secondary N) is 1. The van der Waals surface area contributed by atoms with Gasteiger partial charge in [0.1, 0.15) is 5.75 Å². The first kappa shape index (κ1) is 14.4. The predicted molar refractivity (Wildman–Crippen MR) is 80.8 cm³/mol. The van der Waals surface area contributed by atoms with E-state index in [9.17, 15) is 13.5 Å². The first-order chi connectivity index (χ1) is 8.88. The highest BCUT2D eigenvalue weighted by atomic mass is 79.9. The van der Waals surface area contributed by atoms with E-state index in [1.165, 1.54) is 24.3 Å². The van der Waals surface area contributed by atoms with E-state index >= 15 is 0 Å². The summed E-state index contributed by atoms with van der Waals surface area (Å²) in [6, 6.07) is 10.6. The molecule has 2 aromatic carbocycles. The Morgan fingerprint density at radius 3 is 2.47 bits per heavy atom. The number of anilines is 1. The number of aromatic hydroxyl groups is 1. The van der Waals surface area contributed by atoms with Crippen molar-refractivity contribution in [2.75, 3.05) is 4.72 Å². The number of hydrogen-bond donors (Lipinski definition) is 2. The third kappa shape index (κ3) is 3.49. The van der Waals surface area contributed by atoms with Gasteiger partial charge in [-0.1, -0.05) is 22.0 Å². The Morgan fingerprint density at radius 1 is 1.05 bits per heavy atom. The van der Waals surface area contributed by atoms with E-state index in [0.29, 0.717) is 10.2 Å². The standard InChI is InChI=1S/C12H9Br2NO3S/c13-8-4-5-11(14)12(6-8)15-19(17,18)10-3-1-2-9(16)7-10/h1-7,15-16H. The van der Waals surface area contributed by atoms with Crippen molar-refractivity contribution >= 4 is 47.6 Å². The predicted octanol–water partition coefficient (Wildman–Crippen LogP) is 3.72. The molecule has 0 unspecified atom stereocenters. The highest BCUT2D eigenvalue weighted by molar-refractivity contribution is 9.11. The summed E-state index contributed by atoms with van der Waals surface area (Å²) < 4.78 is 28.2. The zero-order valence-corrected chi connectivity index (χ0v) is 13.5. The quantitative estimate of drug-likeness (QED) is 0.816. The fourth-order valence-electron chi connectivity index (χ4n) is 1.43. The lowest BCUT2D eigenvalue weighted by Gasteiger charge is -2.10. The fraction of sp³-hybridized carbons (Fsp3) is 0. The van der Waals surface area contributed by atoms with Crippen molar-refractivity contribution in [3.05, 3.63) is 51.4 Å². The molecule has 2 N–H and O–H groups in total. The molecule has 19 heavy (non-hydrogen) atoms. The van der Waals surface area contributed by atoms with Gasteiger partial charge in [-0.2, -0.15) is 0 Å². The molecule has 0 aliphatic carbocycles. The largest absolute Gasteiger partial charge is 0.508 e. The molecule has 0 aromatic heterocycles. The average molecular weight is 407 g/mol. The van der Waals surface area contributed by atoms with Crippen LogP contribution in [0.3, 0.4) is 0 Å². The first-order valence-electron chi connectivity index (χ1n) is 5.15. The third-order valence-corrected chi connectivity index (χ3v) is 4.85. The normalized spacial score (nSPS) is 11.3. The second kappa shape index (κ2) is 5.52. The summed E-state index contributed by atoms with van der Waals surface area (Å²) in [4.78, 5) is -0.000578. The minimum atomic E-state index is -3.74. The lowest BCUT2D eigenvalue weighted by molar-refractivity contribution is 0.473. The number of hydrogen-bond acceptors (Lipinski definition) is 3. The lowest BCUT2D eigenvalue weighted by Crippen LogP contribution is -2.13. The maximum Gasteiger partial charge on any atom is 0.262 e. The van der Waals surface area contributed by atoms with E-state index in [0.717, 1.165) is 4.47 Å². The van der Waals surface area contributed by atoms with Gasteiger partial charge in [0, 0.05) is 15.0 Å². The van der Waals surface area contributed by atoms with E-state index in [1.54, 1.807) is 18.2 Å². The highest BCUT2D eigenvalue weighted by Gasteiger charge is 2.16. The molecule has 0 radical (unpaired) electrons. The van der Waals surface area contributed by atoms with Crippen LogP contribution in [0.25, 0.3) is 0 Å². The molecule has 2 rings (SSSR count). The van der Waals surface area contributed by atoms with Crippen LogP contribution < -0.4 is 4.72 Å². The Kier molecular flexibility index (Phi) is 4.17. The monoisotopic (exact) mass is 405 g/mol. The van der Waals surface area contributed by atoms with Gasteiger partial charge in [-0.15, -0.1) is 0 Å². The first-order valence-corrected chi connectivity index (χ1v) is 8.22. The van der Waals surface area contributed by atoms with Crippen molar-refractivity contribution in [3.8, 4) is 5.75 Å². The average Bonchev–Trinajstić information content (AvgIpc) is 2.33. The topological polar surface area (TPSA) is 66.4 Å². The van der Waals surface area contributed by atoms with Crippen LogP contribution >= 0.6 is 31.9 Å². The summed E-state index contributed by atoms with van der Waals surface area (Å²) in [6.45, 7) is 0. The molecular formula is C12H9Br2NO3S. The molecular weight excluding hydrogens is 398 g/mol. The van der Waals surface area contributed by atoms with Crippen LogP contribution in [-0.4, -0.2) is 13.5 Å². The van der Waals surface area contributed by atoms with E-state index < -0.39 is 10.0 Å². The molecule has 0 atom stereocenters. The molecule has 100 valence electrons. The zero-order chi connectivity index (χ0) is 14.0. The van der Waals surface area contributed by atoms with Crippen LogP contribution in [0.1, 0.15) is 0 Å². The second-order valence-electron chi connectivity index (χ2n) is 3.73. The van der Waals surface area contributed by atoms with Crippen LogP contribution in [0.2, 0.25) is 0 Å². The van der Waals surface area contributed by atoms with Gasteiger partial charge in [-0.3, -0.25) is 4.72 Å². The van der Waals surface area contributed by atoms with Gasteiger partial charge in [0.25, 0.3) is 10.0 Å². The summed E-state index contributed by atoms with van der Waals surface area (Å²) in [6.07, 6.45) is 0. The highest BCUT2D eigenvalue weighted by Crippen LogP contribution is 2.28. The van der Waals surface area contributed by atoms with Crippen LogP contribution in [0.15, 0.2) is 56.3 Å². The molecule has 0 heterocycles. The van der Waals surface area contributed by atoms with Gasteiger partial charge in [-0.05, 0) is 46.3 Å². The van der Waals surface area contributed by atoms with Gasteiger partial charge >= 0.3 is 0 Å². The minimum absolute atomic E-state index is 0.000578. The molecule has 0 amide bonds. The molecule has 0 bridgehead atoms. The molecule has 0 spiro atoms. The van der Waals surface area contributed by atoms with Crippen molar-refractivity contribution in [1.82, 2.24) is 0 Å². The Hall–Kier alpha value is -1.05. The molecule has 7 heteroatoms. The van der Waals surface area contributed by atoms with Crippen molar-refractivity contribution in [2.45, 2.75) is 4.90 Å². The third-order valence-electron chi connectivity index (χ3n) is 2.30. The summed E-state index contributed by atoms with van der Waals surface area (Å²) >= 11 is 6.55. The SMILES string of the molecule is O=S(=O)(Nc1cc(Br)ccc1Br)c1cccc(O)c1. The van der Waals surface area contributed by atoms with Gasteiger partial charge in [0.2, 0.25) is 0 Å². The zero-order valence-electron chi connectivity index (χ0n) is 9.47. The van der Waals surface area contributed by atoms with Crippen LogP contribution in [-0.2, 0) is 10.0 Å². The van der Waals surface area contributed by atoms with E-state index in [4.69, 9.17) is 0 Å². The van der Waals surface area contributed by atoms with E-state index in [2.05, 4.69) is 36.6 Å². The second-order valence-corrected chi connectivity index (χ2v) is 7.18. The lowest BCUT2D eigenvalue weighted by atomic mass is 10.3. The van der Waals surface area contributed by atoms with Crippen LogP contribution in [0, 0.1) is 0 Å². The van der Waals surface area contributed by atoms with Gasteiger partial charge in [-0.25, -0.2) is 8.42 Å². The number of phenolic OH excluding ortho intramolecular Hbond substituents is 1. The van der Waals surface area contributed by atoms with E-state index in [-0.39, 0.29) is 10.6 Å². The summed E-state index contributed by atoms with van der Waals surface area (Å²) in [5, 5.41) is 9.33. The van der Waals surface area contributed by atoms with Crippen molar-refractivity contribution in [1.29, 1.82) is 0 Å². The van der Waals surface area contributed by atoms with Gasteiger partial charge in [0.05, 0.1) is 10.6 Å². The van der Waals surface area contributed by atoms with Crippen molar-refractivity contribution in [3.63, 3.8) is 0 Å². The van der Waals surface area contributed by atoms with Gasteiger partial charge in [0.15, 0.2) is 0 Å². The summed E-state index contributed by atoms with van der Waals surface area (Å²) in [7, 11) is -3.74. The molecule has 0 fully saturated rings. The maximum absolute atomic E-state index is 12.2. The minimum Gasteiger partial charge on any atom is -0.508 e.